The third-order valence-corrected chi connectivity index (χ3v) is 4.06. The molecule has 0 aliphatic rings. The van der Waals surface area contributed by atoms with Gasteiger partial charge in [-0.3, -0.25) is 0 Å². The molecule has 1 aromatic rings. The maximum atomic E-state index is 5.60. The third kappa shape index (κ3) is 6.33. The highest BCUT2D eigenvalue weighted by atomic mass is 32.1. The van der Waals surface area contributed by atoms with E-state index in [9.17, 15) is 0 Å². The van der Waals surface area contributed by atoms with Crippen LogP contribution in [-0.2, 0) is 16.6 Å². The summed E-state index contributed by atoms with van der Waals surface area (Å²) in [5, 5.41) is 6.98. The Morgan fingerprint density at radius 1 is 1.30 bits per heavy atom. The fourth-order valence-electron chi connectivity index (χ4n) is 2.00. The van der Waals surface area contributed by atoms with Crippen LogP contribution in [0.25, 0.3) is 0 Å². The number of nitrogens with one attached hydrogen (secondary N) is 1. The molecule has 0 amide bonds. The standard InChI is InChI=1S/C16H30N2OS/c1-6-9-19-10-8-13(17-7-2)11-15-18-14(12-20-15)16(3,4)5/h12-13,17H,6-11H2,1-5H3. The minimum Gasteiger partial charge on any atom is -0.381 e. The normalized spacial score (nSPS) is 13.7. The van der Waals surface area contributed by atoms with Crippen molar-refractivity contribution >= 4 is 11.3 Å². The van der Waals surface area contributed by atoms with Gasteiger partial charge in [0.2, 0.25) is 0 Å². The fourth-order valence-corrected chi connectivity index (χ4v) is 3.10. The smallest absolute Gasteiger partial charge is 0.0944 e. The van der Waals surface area contributed by atoms with Crippen LogP contribution < -0.4 is 5.32 Å². The zero-order valence-corrected chi connectivity index (χ0v) is 14.5. The van der Waals surface area contributed by atoms with Gasteiger partial charge in [-0.25, -0.2) is 4.98 Å². The van der Waals surface area contributed by atoms with E-state index in [4.69, 9.17) is 9.72 Å². The average Bonchev–Trinajstić information content (AvgIpc) is 2.83. The molecule has 4 heteroatoms. The minimum absolute atomic E-state index is 0.146. The summed E-state index contributed by atoms with van der Waals surface area (Å²) >= 11 is 1.78. The Balaban J connectivity index is 2.50. The fraction of sp³-hybridized carbons (Fsp3) is 0.812. The molecule has 0 bridgehead atoms. The maximum absolute atomic E-state index is 5.60. The summed E-state index contributed by atoms with van der Waals surface area (Å²) in [6, 6.07) is 0.468. The highest BCUT2D eigenvalue weighted by Gasteiger charge is 2.18. The number of rotatable bonds is 9. The van der Waals surface area contributed by atoms with Crippen LogP contribution in [0.4, 0.5) is 0 Å². The van der Waals surface area contributed by atoms with E-state index in [2.05, 4.69) is 45.3 Å². The van der Waals surface area contributed by atoms with Crippen LogP contribution in [0.2, 0.25) is 0 Å². The zero-order chi connectivity index (χ0) is 15.0. The number of hydrogen-bond donors (Lipinski definition) is 1. The van der Waals surface area contributed by atoms with Crippen LogP contribution >= 0.6 is 11.3 Å². The van der Waals surface area contributed by atoms with Crippen LogP contribution in [0.3, 0.4) is 0 Å². The molecule has 1 aromatic heterocycles. The molecule has 20 heavy (non-hydrogen) atoms. The minimum atomic E-state index is 0.146. The van der Waals surface area contributed by atoms with Crippen molar-refractivity contribution in [1.29, 1.82) is 0 Å². The molecule has 1 unspecified atom stereocenters. The van der Waals surface area contributed by atoms with Gasteiger partial charge in [0, 0.05) is 36.5 Å². The lowest BCUT2D eigenvalue weighted by Crippen LogP contribution is -2.32. The molecule has 0 radical (unpaired) electrons. The van der Waals surface area contributed by atoms with E-state index in [-0.39, 0.29) is 5.41 Å². The zero-order valence-electron chi connectivity index (χ0n) is 13.7. The van der Waals surface area contributed by atoms with Crippen molar-refractivity contribution in [1.82, 2.24) is 10.3 Å². The van der Waals surface area contributed by atoms with Gasteiger partial charge in [0.05, 0.1) is 10.7 Å². The van der Waals surface area contributed by atoms with Gasteiger partial charge in [-0.15, -0.1) is 11.3 Å². The van der Waals surface area contributed by atoms with Gasteiger partial charge in [0.1, 0.15) is 0 Å². The summed E-state index contributed by atoms with van der Waals surface area (Å²) in [7, 11) is 0. The quantitative estimate of drug-likeness (QED) is 0.705. The molecule has 0 aliphatic heterocycles. The molecule has 1 rings (SSSR count). The summed E-state index contributed by atoms with van der Waals surface area (Å²) in [4.78, 5) is 4.79. The monoisotopic (exact) mass is 298 g/mol. The molecule has 0 saturated carbocycles. The second-order valence-electron chi connectivity index (χ2n) is 6.24. The molecule has 0 aromatic carbocycles. The molecule has 0 fully saturated rings. The van der Waals surface area contributed by atoms with Crippen LogP contribution in [-0.4, -0.2) is 30.8 Å². The van der Waals surface area contributed by atoms with E-state index in [1.165, 1.54) is 10.7 Å². The number of likely N-dealkylation sites (N-methyl/N-ethyl adjacent to an activating group) is 1. The number of ether oxygens (including phenoxy) is 1. The van der Waals surface area contributed by atoms with Gasteiger partial charge in [-0.05, 0) is 19.4 Å². The molecular formula is C16H30N2OS. The van der Waals surface area contributed by atoms with Gasteiger partial charge < -0.3 is 10.1 Å². The van der Waals surface area contributed by atoms with E-state index in [1.54, 1.807) is 11.3 Å². The van der Waals surface area contributed by atoms with Crippen LogP contribution in [0.5, 0.6) is 0 Å². The lowest BCUT2D eigenvalue weighted by atomic mass is 9.93. The van der Waals surface area contributed by atoms with E-state index in [0.717, 1.165) is 39.0 Å². The predicted octanol–water partition coefficient (Wildman–Crippen LogP) is 3.78. The Morgan fingerprint density at radius 3 is 2.60 bits per heavy atom. The van der Waals surface area contributed by atoms with Gasteiger partial charge in [0.15, 0.2) is 0 Å². The molecule has 1 atom stereocenters. The van der Waals surface area contributed by atoms with E-state index in [1.807, 2.05) is 0 Å². The highest BCUT2D eigenvalue weighted by molar-refractivity contribution is 7.09. The van der Waals surface area contributed by atoms with Gasteiger partial charge >= 0.3 is 0 Å². The second kappa shape index (κ2) is 8.75. The number of hydrogen-bond acceptors (Lipinski definition) is 4. The topological polar surface area (TPSA) is 34.1 Å². The van der Waals surface area contributed by atoms with E-state index in [0.29, 0.717) is 6.04 Å². The first-order chi connectivity index (χ1) is 9.47. The number of aromatic nitrogens is 1. The summed E-state index contributed by atoms with van der Waals surface area (Å²) in [6.45, 7) is 13.6. The molecule has 3 nitrogen and oxygen atoms in total. The highest BCUT2D eigenvalue weighted by Crippen LogP contribution is 2.24. The summed E-state index contributed by atoms with van der Waals surface area (Å²) in [5.41, 5.74) is 1.35. The van der Waals surface area contributed by atoms with Crippen LogP contribution in [0.1, 0.15) is 58.2 Å². The van der Waals surface area contributed by atoms with Crippen molar-refractivity contribution in [3.8, 4) is 0 Å². The molecule has 0 aliphatic carbocycles. The molecule has 1 N–H and O–H groups in total. The Labute approximate surface area is 128 Å². The lowest BCUT2D eigenvalue weighted by Gasteiger charge is -2.17. The SMILES string of the molecule is CCCOCCC(Cc1nc(C(C)(C)C)cs1)NCC. The van der Waals surface area contributed by atoms with E-state index < -0.39 is 0 Å². The Hall–Kier alpha value is -0.450. The van der Waals surface area contributed by atoms with Crippen molar-refractivity contribution in [2.75, 3.05) is 19.8 Å². The third-order valence-electron chi connectivity index (χ3n) is 3.19. The lowest BCUT2D eigenvalue weighted by molar-refractivity contribution is 0.124. The second-order valence-corrected chi connectivity index (χ2v) is 7.18. The molecule has 0 spiro atoms. The van der Waals surface area contributed by atoms with Crippen molar-refractivity contribution in [3.05, 3.63) is 16.1 Å². The summed E-state index contributed by atoms with van der Waals surface area (Å²) in [5.74, 6) is 0. The van der Waals surface area contributed by atoms with Crippen LogP contribution in [0.15, 0.2) is 5.38 Å². The Morgan fingerprint density at radius 2 is 2.05 bits per heavy atom. The first-order valence-corrected chi connectivity index (χ1v) is 8.61. The van der Waals surface area contributed by atoms with Crippen molar-refractivity contribution < 1.29 is 4.74 Å². The molecule has 0 saturated heterocycles. The van der Waals surface area contributed by atoms with Crippen molar-refractivity contribution in [2.24, 2.45) is 0 Å². The van der Waals surface area contributed by atoms with Gasteiger partial charge in [-0.1, -0.05) is 34.6 Å². The van der Waals surface area contributed by atoms with Gasteiger partial charge in [-0.2, -0.15) is 0 Å². The maximum Gasteiger partial charge on any atom is 0.0944 e. The Kier molecular flexibility index (Phi) is 7.70. The summed E-state index contributed by atoms with van der Waals surface area (Å²) < 4.78 is 5.60. The first-order valence-electron chi connectivity index (χ1n) is 7.73. The molecule has 1 heterocycles. The van der Waals surface area contributed by atoms with Crippen molar-refractivity contribution in [3.63, 3.8) is 0 Å². The first kappa shape index (κ1) is 17.6. The number of nitrogens with zero attached hydrogens (tertiary/aromatic N) is 1. The Bertz CT molecular complexity index is 371. The van der Waals surface area contributed by atoms with Gasteiger partial charge in [0.25, 0.3) is 0 Å². The van der Waals surface area contributed by atoms with Crippen molar-refractivity contribution in [2.45, 2.75) is 65.3 Å². The summed E-state index contributed by atoms with van der Waals surface area (Å²) in [6.07, 6.45) is 3.15. The molecular weight excluding hydrogens is 268 g/mol. The van der Waals surface area contributed by atoms with Crippen LogP contribution in [0, 0.1) is 0 Å². The molecule has 116 valence electrons. The van der Waals surface area contributed by atoms with E-state index >= 15 is 0 Å². The predicted molar refractivity (Wildman–Crippen MR) is 87.7 cm³/mol. The number of thiazole rings is 1. The largest absolute Gasteiger partial charge is 0.381 e. The average molecular weight is 298 g/mol.